The quantitative estimate of drug-likeness (QED) is 0.429. The summed E-state index contributed by atoms with van der Waals surface area (Å²) in [6.07, 6.45) is 0. The standard InChI is InChI=1S/C24H22FN3O4/c1-15(27-28-24(30)18-8-13-21(31-2)22(14-18)32-3)16-6-11-20(12-7-16)26-23(29)17-4-9-19(25)10-5-17/h4-14H,1-3H3,(H,26,29)(H,28,30)/b27-15-. The highest BCUT2D eigenvalue weighted by atomic mass is 19.1. The van der Waals surface area contributed by atoms with Crippen LogP contribution in [-0.4, -0.2) is 31.7 Å². The van der Waals surface area contributed by atoms with Gasteiger partial charge in [0.25, 0.3) is 11.8 Å². The van der Waals surface area contributed by atoms with Crippen LogP contribution in [0.25, 0.3) is 0 Å². The monoisotopic (exact) mass is 435 g/mol. The Labute approximate surface area is 184 Å². The van der Waals surface area contributed by atoms with Gasteiger partial charge in [0.1, 0.15) is 5.82 Å². The van der Waals surface area contributed by atoms with E-state index in [0.717, 1.165) is 5.56 Å². The van der Waals surface area contributed by atoms with E-state index in [1.54, 1.807) is 49.4 Å². The highest BCUT2D eigenvalue weighted by molar-refractivity contribution is 6.05. The molecule has 164 valence electrons. The van der Waals surface area contributed by atoms with Crippen LogP contribution in [0.15, 0.2) is 71.8 Å². The third-order valence-electron chi connectivity index (χ3n) is 4.64. The summed E-state index contributed by atoms with van der Waals surface area (Å²) in [5.74, 6) is -0.174. The van der Waals surface area contributed by atoms with Crippen LogP contribution in [0.4, 0.5) is 10.1 Å². The Morgan fingerprint density at radius 3 is 2.00 bits per heavy atom. The van der Waals surface area contributed by atoms with Crippen molar-refractivity contribution < 1.29 is 23.5 Å². The summed E-state index contributed by atoms with van der Waals surface area (Å²) in [4.78, 5) is 24.6. The van der Waals surface area contributed by atoms with Gasteiger partial charge in [0.2, 0.25) is 0 Å². The second kappa shape index (κ2) is 10.2. The Morgan fingerprint density at radius 2 is 1.38 bits per heavy atom. The van der Waals surface area contributed by atoms with Gasteiger partial charge >= 0.3 is 0 Å². The Bertz CT molecular complexity index is 1140. The summed E-state index contributed by atoms with van der Waals surface area (Å²) in [7, 11) is 3.01. The molecule has 0 aromatic heterocycles. The summed E-state index contributed by atoms with van der Waals surface area (Å²) >= 11 is 0. The maximum atomic E-state index is 13.0. The lowest BCUT2D eigenvalue weighted by Crippen LogP contribution is -2.19. The van der Waals surface area contributed by atoms with Gasteiger partial charge in [-0.15, -0.1) is 0 Å². The Kier molecular flexibility index (Phi) is 7.17. The maximum Gasteiger partial charge on any atom is 0.271 e. The van der Waals surface area contributed by atoms with Gasteiger partial charge in [-0.05, 0) is 67.1 Å². The number of nitrogens with zero attached hydrogens (tertiary/aromatic N) is 1. The van der Waals surface area contributed by atoms with E-state index in [-0.39, 0.29) is 5.91 Å². The smallest absolute Gasteiger partial charge is 0.271 e. The predicted molar refractivity (Wildman–Crippen MR) is 120 cm³/mol. The third kappa shape index (κ3) is 5.48. The summed E-state index contributed by atoms with van der Waals surface area (Å²) in [6.45, 7) is 1.75. The van der Waals surface area contributed by atoms with Crippen molar-refractivity contribution in [3.63, 3.8) is 0 Å². The van der Waals surface area contributed by atoms with Crippen LogP contribution in [0.5, 0.6) is 11.5 Å². The number of halogens is 1. The van der Waals surface area contributed by atoms with Crippen molar-refractivity contribution >= 4 is 23.2 Å². The second-order valence-corrected chi connectivity index (χ2v) is 6.75. The number of hydrogen-bond acceptors (Lipinski definition) is 5. The van der Waals surface area contributed by atoms with Crippen molar-refractivity contribution in [2.45, 2.75) is 6.92 Å². The molecule has 0 bridgehead atoms. The van der Waals surface area contributed by atoms with Crippen molar-refractivity contribution in [3.8, 4) is 11.5 Å². The lowest BCUT2D eigenvalue weighted by atomic mass is 10.1. The molecule has 8 heteroatoms. The first-order valence-electron chi connectivity index (χ1n) is 9.65. The molecule has 0 saturated heterocycles. The minimum absolute atomic E-state index is 0.342. The van der Waals surface area contributed by atoms with Crippen molar-refractivity contribution in [2.24, 2.45) is 5.10 Å². The zero-order chi connectivity index (χ0) is 23.1. The van der Waals surface area contributed by atoms with E-state index in [1.165, 1.54) is 38.5 Å². The third-order valence-corrected chi connectivity index (χ3v) is 4.64. The molecule has 3 rings (SSSR count). The van der Waals surface area contributed by atoms with E-state index in [9.17, 15) is 14.0 Å². The molecule has 2 N–H and O–H groups in total. The van der Waals surface area contributed by atoms with E-state index in [1.807, 2.05) is 0 Å². The summed E-state index contributed by atoms with van der Waals surface area (Å²) in [6, 6.07) is 17.1. The molecule has 0 aliphatic heterocycles. The van der Waals surface area contributed by atoms with Crippen LogP contribution in [0.1, 0.15) is 33.2 Å². The zero-order valence-electron chi connectivity index (χ0n) is 17.8. The molecule has 0 spiro atoms. The second-order valence-electron chi connectivity index (χ2n) is 6.75. The Morgan fingerprint density at radius 1 is 0.781 bits per heavy atom. The fraction of sp³-hybridized carbons (Fsp3) is 0.125. The fourth-order valence-corrected chi connectivity index (χ4v) is 2.84. The minimum atomic E-state index is -0.404. The van der Waals surface area contributed by atoms with Crippen LogP contribution in [0.2, 0.25) is 0 Å². The molecule has 32 heavy (non-hydrogen) atoms. The number of ether oxygens (including phenoxy) is 2. The molecule has 0 fully saturated rings. The number of rotatable bonds is 7. The average molecular weight is 435 g/mol. The molecule has 0 saturated carbocycles. The number of benzene rings is 3. The van der Waals surface area contributed by atoms with Gasteiger partial charge in [-0.1, -0.05) is 12.1 Å². The largest absolute Gasteiger partial charge is 0.493 e. The number of carbonyl (C=O) groups excluding carboxylic acids is 2. The highest BCUT2D eigenvalue weighted by Crippen LogP contribution is 2.27. The number of methoxy groups -OCH3 is 2. The first kappa shape index (κ1) is 22.5. The number of hydrazone groups is 1. The van der Waals surface area contributed by atoms with Crippen LogP contribution < -0.4 is 20.2 Å². The highest BCUT2D eigenvalue weighted by Gasteiger charge is 2.11. The molecule has 0 unspecified atom stereocenters. The lowest BCUT2D eigenvalue weighted by molar-refractivity contribution is 0.0953. The lowest BCUT2D eigenvalue weighted by Gasteiger charge is -2.09. The van der Waals surface area contributed by atoms with Crippen molar-refractivity contribution in [1.29, 1.82) is 0 Å². The predicted octanol–water partition coefficient (Wildman–Crippen LogP) is 4.25. The van der Waals surface area contributed by atoms with Crippen LogP contribution in [0, 0.1) is 5.82 Å². The zero-order valence-corrected chi connectivity index (χ0v) is 17.8. The van der Waals surface area contributed by atoms with E-state index >= 15 is 0 Å². The van der Waals surface area contributed by atoms with Crippen LogP contribution in [0.3, 0.4) is 0 Å². The first-order chi connectivity index (χ1) is 15.4. The van der Waals surface area contributed by atoms with E-state index in [2.05, 4.69) is 15.8 Å². The van der Waals surface area contributed by atoms with Gasteiger partial charge in [-0.25, -0.2) is 9.82 Å². The van der Waals surface area contributed by atoms with Gasteiger partial charge in [0.05, 0.1) is 19.9 Å². The molecule has 0 heterocycles. The van der Waals surface area contributed by atoms with E-state index < -0.39 is 11.7 Å². The van der Waals surface area contributed by atoms with E-state index in [0.29, 0.717) is 34.0 Å². The number of carbonyl (C=O) groups is 2. The minimum Gasteiger partial charge on any atom is -0.493 e. The number of amides is 2. The number of hydrogen-bond donors (Lipinski definition) is 2. The normalized spacial score (nSPS) is 10.9. The molecule has 3 aromatic carbocycles. The van der Waals surface area contributed by atoms with Gasteiger partial charge in [-0.3, -0.25) is 9.59 Å². The molecule has 0 aliphatic rings. The Hall–Kier alpha value is -4.20. The SMILES string of the molecule is COc1ccc(C(=O)N/N=C(/C)c2ccc(NC(=O)c3ccc(F)cc3)cc2)cc1OC. The molecule has 7 nitrogen and oxygen atoms in total. The van der Waals surface area contributed by atoms with E-state index in [4.69, 9.17) is 9.47 Å². The molecule has 2 amide bonds. The molecule has 0 aliphatic carbocycles. The first-order valence-corrected chi connectivity index (χ1v) is 9.65. The molecule has 3 aromatic rings. The van der Waals surface area contributed by atoms with Crippen molar-refractivity contribution in [3.05, 3.63) is 89.2 Å². The maximum absolute atomic E-state index is 13.0. The molecule has 0 radical (unpaired) electrons. The fourth-order valence-electron chi connectivity index (χ4n) is 2.84. The summed E-state index contributed by atoms with van der Waals surface area (Å²) < 4.78 is 23.4. The summed E-state index contributed by atoms with van der Waals surface area (Å²) in [5.41, 5.74) is 5.15. The molecule has 0 atom stereocenters. The number of anilines is 1. The molecular formula is C24H22FN3O4. The average Bonchev–Trinajstić information content (AvgIpc) is 2.82. The summed E-state index contributed by atoms with van der Waals surface area (Å²) in [5, 5.41) is 6.88. The van der Waals surface area contributed by atoms with Crippen LogP contribution in [-0.2, 0) is 0 Å². The van der Waals surface area contributed by atoms with Gasteiger partial charge < -0.3 is 14.8 Å². The topological polar surface area (TPSA) is 89.0 Å². The van der Waals surface area contributed by atoms with Gasteiger partial charge in [-0.2, -0.15) is 5.10 Å². The van der Waals surface area contributed by atoms with Gasteiger partial charge in [0.15, 0.2) is 11.5 Å². The van der Waals surface area contributed by atoms with Crippen LogP contribution >= 0.6 is 0 Å². The number of nitrogens with one attached hydrogen (secondary N) is 2. The van der Waals surface area contributed by atoms with Gasteiger partial charge in [0, 0.05) is 16.8 Å². The Balaban J connectivity index is 1.63. The molecular weight excluding hydrogens is 413 g/mol. The van der Waals surface area contributed by atoms with Crippen molar-refractivity contribution in [2.75, 3.05) is 19.5 Å². The van der Waals surface area contributed by atoms with Crippen molar-refractivity contribution in [1.82, 2.24) is 5.43 Å².